The van der Waals surface area contributed by atoms with E-state index < -0.39 is 15.1 Å². The van der Waals surface area contributed by atoms with Crippen LogP contribution in [0.4, 0.5) is 0 Å². The lowest BCUT2D eigenvalue weighted by atomic mass is 10.2. The number of nitrogens with zero attached hydrogens (tertiary/aromatic N) is 2. The molecule has 0 spiro atoms. The maximum Gasteiger partial charge on any atom is 0.244 e. The lowest BCUT2D eigenvalue weighted by Crippen LogP contribution is -2.13. The molecule has 5 nitrogen and oxygen atoms in total. The summed E-state index contributed by atoms with van der Waals surface area (Å²) in [6.07, 6.45) is 0. The highest BCUT2D eigenvalue weighted by Gasteiger charge is 2.28. The van der Waals surface area contributed by atoms with Gasteiger partial charge in [-0.25, -0.2) is 8.42 Å². The quantitative estimate of drug-likeness (QED) is 0.839. The molecule has 1 aromatic heterocycles. The molecule has 0 fully saturated rings. The minimum Gasteiger partial charge on any atom is -0.338 e. The normalized spacial score (nSPS) is 13.6. The Morgan fingerprint density at radius 3 is 2.57 bits per heavy atom. The summed E-state index contributed by atoms with van der Waals surface area (Å²) in [6, 6.07) is 6.79. The van der Waals surface area contributed by atoms with Gasteiger partial charge in [0.1, 0.15) is 5.25 Å². The second-order valence-corrected chi connectivity index (χ2v) is 7.98. The molecule has 0 amide bonds. The topological polar surface area (TPSA) is 73.1 Å². The molecule has 0 bridgehead atoms. The SMILES string of the molecule is CC(C)c1noc([C@H](C)S(=O)(=O)Cc2cccc(Cl)c2)n1. The summed E-state index contributed by atoms with van der Waals surface area (Å²) in [4.78, 5) is 4.15. The summed E-state index contributed by atoms with van der Waals surface area (Å²) >= 11 is 5.87. The van der Waals surface area contributed by atoms with Crippen molar-refractivity contribution in [3.05, 3.63) is 46.6 Å². The third-order valence-electron chi connectivity index (χ3n) is 3.12. The average Bonchev–Trinajstić information content (AvgIpc) is 2.86. The number of hydrogen-bond donors (Lipinski definition) is 0. The van der Waals surface area contributed by atoms with Crippen molar-refractivity contribution in [3.8, 4) is 0 Å². The first-order valence-corrected chi connectivity index (χ1v) is 8.68. The summed E-state index contributed by atoms with van der Waals surface area (Å²) in [6.45, 7) is 5.39. The van der Waals surface area contributed by atoms with Crippen LogP contribution < -0.4 is 0 Å². The van der Waals surface area contributed by atoms with Crippen molar-refractivity contribution in [1.29, 1.82) is 0 Å². The molecule has 2 rings (SSSR count). The van der Waals surface area contributed by atoms with Crippen molar-refractivity contribution >= 4 is 21.4 Å². The zero-order chi connectivity index (χ0) is 15.6. The molecule has 1 atom stereocenters. The Labute approximate surface area is 129 Å². The fourth-order valence-corrected chi connectivity index (χ4v) is 3.29. The van der Waals surface area contributed by atoms with Gasteiger partial charge in [-0.1, -0.05) is 42.7 Å². The monoisotopic (exact) mass is 328 g/mol. The third-order valence-corrected chi connectivity index (χ3v) is 5.37. The van der Waals surface area contributed by atoms with E-state index in [4.69, 9.17) is 16.1 Å². The van der Waals surface area contributed by atoms with E-state index in [-0.39, 0.29) is 17.6 Å². The molecule has 0 aliphatic heterocycles. The van der Waals surface area contributed by atoms with Crippen LogP contribution >= 0.6 is 11.6 Å². The number of halogens is 1. The van der Waals surface area contributed by atoms with Crippen LogP contribution in [0.2, 0.25) is 5.02 Å². The zero-order valence-electron chi connectivity index (χ0n) is 12.1. The van der Waals surface area contributed by atoms with Crippen LogP contribution in [0.3, 0.4) is 0 Å². The number of sulfone groups is 1. The maximum absolute atomic E-state index is 12.4. The number of benzene rings is 1. The summed E-state index contributed by atoms with van der Waals surface area (Å²) in [7, 11) is -3.45. The number of hydrogen-bond acceptors (Lipinski definition) is 5. The molecular weight excluding hydrogens is 312 g/mol. The van der Waals surface area contributed by atoms with Crippen molar-refractivity contribution in [2.24, 2.45) is 0 Å². The summed E-state index contributed by atoms with van der Waals surface area (Å²) < 4.78 is 29.9. The van der Waals surface area contributed by atoms with Crippen molar-refractivity contribution in [3.63, 3.8) is 0 Å². The Kier molecular flexibility index (Phi) is 4.68. The first-order chi connectivity index (χ1) is 9.79. The summed E-state index contributed by atoms with van der Waals surface area (Å²) in [5.41, 5.74) is 0.637. The summed E-state index contributed by atoms with van der Waals surface area (Å²) in [5, 5.41) is 3.46. The Morgan fingerprint density at radius 1 is 1.29 bits per heavy atom. The van der Waals surface area contributed by atoms with Crippen molar-refractivity contribution < 1.29 is 12.9 Å². The molecule has 0 saturated carbocycles. The van der Waals surface area contributed by atoms with E-state index in [1.165, 1.54) is 0 Å². The Bertz CT molecular complexity index is 725. The largest absolute Gasteiger partial charge is 0.338 e. The van der Waals surface area contributed by atoms with Crippen LogP contribution in [0.25, 0.3) is 0 Å². The zero-order valence-corrected chi connectivity index (χ0v) is 13.6. The number of aromatic nitrogens is 2. The van der Waals surface area contributed by atoms with E-state index in [0.717, 1.165) is 0 Å². The van der Waals surface area contributed by atoms with Crippen LogP contribution in [0.15, 0.2) is 28.8 Å². The van der Waals surface area contributed by atoms with Gasteiger partial charge in [0.2, 0.25) is 5.89 Å². The molecular formula is C14H17ClN2O3S. The number of rotatable bonds is 5. The van der Waals surface area contributed by atoms with Gasteiger partial charge in [0.15, 0.2) is 15.7 Å². The molecule has 0 unspecified atom stereocenters. The lowest BCUT2D eigenvalue weighted by Gasteiger charge is -2.09. The molecule has 21 heavy (non-hydrogen) atoms. The Balaban J connectivity index is 2.21. The highest BCUT2D eigenvalue weighted by Crippen LogP contribution is 2.25. The molecule has 2 aromatic rings. The van der Waals surface area contributed by atoms with Crippen LogP contribution in [0, 0.1) is 0 Å². The van der Waals surface area contributed by atoms with Crippen LogP contribution in [0.5, 0.6) is 0 Å². The van der Waals surface area contributed by atoms with Gasteiger partial charge < -0.3 is 4.52 Å². The van der Waals surface area contributed by atoms with Gasteiger partial charge in [-0.2, -0.15) is 4.98 Å². The van der Waals surface area contributed by atoms with Gasteiger partial charge in [0.25, 0.3) is 0 Å². The van der Waals surface area contributed by atoms with E-state index in [9.17, 15) is 8.42 Å². The van der Waals surface area contributed by atoms with Gasteiger partial charge in [-0.3, -0.25) is 0 Å². The minimum atomic E-state index is -3.45. The second kappa shape index (κ2) is 6.15. The van der Waals surface area contributed by atoms with Crippen LogP contribution in [-0.2, 0) is 15.6 Å². The highest BCUT2D eigenvalue weighted by atomic mass is 35.5. The van der Waals surface area contributed by atoms with Gasteiger partial charge >= 0.3 is 0 Å². The molecule has 0 aliphatic rings. The minimum absolute atomic E-state index is 0.0883. The lowest BCUT2D eigenvalue weighted by molar-refractivity contribution is 0.369. The predicted molar refractivity (Wildman–Crippen MR) is 80.9 cm³/mol. The molecule has 0 N–H and O–H groups in total. The second-order valence-electron chi connectivity index (χ2n) is 5.22. The van der Waals surface area contributed by atoms with Gasteiger partial charge in [-0.15, -0.1) is 0 Å². The van der Waals surface area contributed by atoms with Crippen LogP contribution in [-0.4, -0.2) is 18.6 Å². The van der Waals surface area contributed by atoms with E-state index >= 15 is 0 Å². The van der Waals surface area contributed by atoms with Gasteiger partial charge in [0, 0.05) is 10.9 Å². The molecule has 0 radical (unpaired) electrons. The smallest absolute Gasteiger partial charge is 0.244 e. The predicted octanol–water partition coefficient (Wildman–Crippen LogP) is 3.52. The molecule has 0 saturated heterocycles. The first-order valence-electron chi connectivity index (χ1n) is 6.59. The molecule has 1 heterocycles. The Hall–Kier alpha value is -1.40. The molecule has 0 aliphatic carbocycles. The average molecular weight is 329 g/mol. The molecule has 114 valence electrons. The highest BCUT2D eigenvalue weighted by molar-refractivity contribution is 7.90. The van der Waals surface area contributed by atoms with Gasteiger partial charge in [0.05, 0.1) is 5.75 Å². The molecule has 7 heteroatoms. The van der Waals surface area contributed by atoms with Crippen LogP contribution in [0.1, 0.15) is 49.2 Å². The fraction of sp³-hybridized carbons (Fsp3) is 0.429. The first kappa shape index (κ1) is 16.0. The van der Waals surface area contributed by atoms with Crippen molar-refractivity contribution in [1.82, 2.24) is 10.1 Å². The summed E-state index contributed by atoms with van der Waals surface area (Å²) in [5.74, 6) is 0.606. The van der Waals surface area contributed by atoms with E-state index in [1.807, 2.05) is 13.8 Å². The van der Waals surface area contributed by atoms with Gasteiger partial charge in [-0.05, 0) is 24.6 Å². The van der Waals surface area contributed by atoms with Crippen molar-refractivity contribution in [2.45, 2.75) is 37.7 Å². The van der Waals surface area contributed by atoms with Crippen molar-refractivity contribution in [2.75, 3.05) is 0 Å². The third kappa shape index (κ3) is 3.83. The standard InChI is InChI=1S/C14H17ClN2O3S/c1-9(2)13-16-14(20-17-13)10(3)21(18,19)8-11-5-4-6-12(15)7-11/h4-7,9-10H,8H2,1-3H3/t10-/m0/s1. The van der Waals surface area contributed by atoms with E-state index in [2.05, 4.69) is 10.1 Å². The maximum atomic E-state index is 12.4. The molecule has 1 aromatic carbocycles. The Morgan fingerprint density at radius 2 is 2.00 bits per heavy atom. The fourth-order valence-electron chi connectivity index (χ4n) is 1.78. The van der Waals surface area contributed by atoms with E-state index in [1.54, 1.807) is 31.2 Å². The van der Waals surface area contributed by atoms with E-state index in [0.29, 0.717) is 16.4 Å².